The molecule has 0 atom stereocenters. The molecule has 1 aliphatic rings. The first-order chi connectivity index (χ1) is 13.3. The fourth-order valence-corrected chi connectivity index (χ4v) is 3.23. The number of fused-ring (bicyclic) bond motifs is 1. The van der Waals surface area contributed by atoms with E-state index in [2.05, 4.69) is 40.8 Å². The molecule has 2 aromatic rings. The molecule has 6 nitrogen and oxygen atoms in total. The molecule has 2 aromatic carbocycles. The minimum absolute atomic E-state index is 0.0121. The zero-order chi connectivity index (χ0) is 20.3. The topological polar surface area (TPSA) is 82.9 Å². The summed E-state index contributed by atoms with van der Waals surface area (Å²) < 4.78 is 0. The minimum Gasteiger partial charge on any atom is -0.377 e. The highest BCUT2D eigenvalue weighted by molar-refractivity contribution is 6.01. The zero-order valence-corrected chi connectivity index (χ0v) is 16.5. The molecule has 0 aliphatic carbocycles. The minimum atomic E-state index is -0.320. The Morgan fingerprint density at radius 1 is 1.07 bits per heavy atom. The van der Waals surface area contributed by atoms with Crippen molar-refractivity contribution in [3.05, 3.63) is 70.9 Å². The van der Waals surface area contributed by atoms with Gasteiger partial charge in [0, 0.05) is 23.7 Å². The molecule has 0 saturated heterocycles. The molecule has 0 fully saturated rings. The molecule has 0 unspecified atom stereocenters. The number of rotatable bonds is 4. The van der Waals surface area contributed by atoms with E-state index in [4.69, 9.17) is 0 Å². The maximum Gasteiger partial charge on any atom is 0.273 e. The van der Waals surface area contributed by atoms with E-state index in [1.54, 1.807) is 31.3 Å². The highest BCUT2D eigenvalue weighted by Crippen LogP contribution is 2.32. The highest BCUT2D eigenvalue weighted by Gasteiger charge is 2.30. The van der Waals surface area contributed by atoms with Gasteiger partial charge in [0.15, 0.2) is 11.5 Å². The number of nitrogens with one attached hydrogen (secondary N) is 2. The van der Waals surface area contributed by atoms with Crippen LogP contribution in [0.4, 0.5) is 5.69 Å². The lowest BCUT2D eigenvalue weighted by atomic mass is 9.85. The average Bonchev–Trinajstić information content (AvgIpc) is 2.67. The summed E-state index contributed by atoms with van der Waals surface area (Å²) in [5, 5.41) is 14.6. The average molecular weight is 376 g/mol. The largest absolute Gasteiger partial charge is 0.377 e. The van der Waals surface area contributed by atoms with Gasteiger partial charge in [0.1, 0.15) is 0 Å². The summed E-state index contributed by atoms with van der Waals surface area (Å²) in [6.45, 7) is 5.68. The Morgan fingerprint density at radius 2 is 1.75 bits per heavy atom. The van der Waals surface area contributed by atoms with Gasteiger partial charge in [-0.1, -0.05) is 24.3 Å². The number of azo groups is 1. The molecule has 3 rings (SSSR count). The fraction of sp³-hybridized carbons (Fsp3) is 0.273. The van der Waals surface area contributed by atoms with Crippen LogP contribution in [-0.4, -0.2) is 24.3 Å². The van der Waals surface area contributed by atoms with Crippen molar-refractivity contribution in [3.8, 4) is 0 Å². The molecule has 0 bridgehead atoms. The summed E-state index contributed by atoms with van der Waals surface area (Å²) >= 11 is 0. The first kappa shape index (κ1) is 19.5. The lowest BCUT2D eigenvalue weighted by Crippen LogP contribution is -2.44. The standard InChI is InChI=1S/C22H24N4O2/c1-14(27)15-9-11-17(12-10-15)25-26-20(21(28)23-4)19-18-8-6-5-7-16(18)13-22(2,3)24-19/h5-12,24H,13H2,1-4H3,(H,23,28)/b20-19+,26-25+. The molecule has 1 amide bonds. The lowest BCUT2D eigenvalue weighted by molar-refractivity contribution is -0.117. The smallest absolute Gasteiger partial charge is 0.273 e. The molecule has 144 valence electrons. The normalized spacial score (nSPS) is 16.9. The van der Waals surface area contributed by atoms with Crippen molar-refractivity contribution in [2.75, 3.05) is 7.05 Å². The van der Waals surface area contributed by atoms with Crippen molar-refractivity contribution in [1.82, 2.24) is 10.6 Å². The molecule has 2 N–H and O–H groups in total. The zero-order valence-electron chi connectivity index (χ0n) is 16.5. The SMILES string of the molecule is CNC(=O)C(/N=N/c1ccc(C(C)=O)cc1)=C1\NC(C)(C)Cc2ccccc21. The second kappa shape index (κ2) is 7.76. The van der Waals surface area contributed by atoms with E-state index in [9.17, 15) is 9.59 Å². The predicted octanol–water partition coefficient (Wildman–Crippen LogP) is 4.01. The van der Waals surface area contributed by atoms with Crippen LogP contribution in [0.15, 0.2) is 64.5 Å². The Hall–Kier alpha value is -3.28. The first-order valence-corrected chi connectivity index (χ1v) is 9.16. The molecule has 1 heterocycles. The lowest BCUT2D eigenvalue weighted by Gasteiger charge is -2.36. The summed E-state index contributed by atoms with van der Waals surface area (Å²) in [5.74, 6) is -0.332. The van der Waals surface area contributed by atoms with Gasteiger partial charge < -0.3 is 10.6 Å². The van der Waals surface area contributed by atoms with Crippen molar-refractivity contribution in [1.29, 1.82) is 0 Å². The van der Waals surface area contributed by atoms with Gasteiger partial charge in [0.05, 0.1) is 11.4 Å². The van der Waals surface area contributed by atoms with Crippen molar-refractivity contribution < 1.29 is 9.59 Å². The maximum absolute atomic E-state index is 12.6. The number of hydrogen-bond donors (Lipinski definition) is 2. The van der Waals surface area contributed by atoms with Crippen LogP contribution in [0.1, 0.15) is 42.3 Å². The molecule has 28 heavy (non-hydrogen) atoms. The number of ketones is 1. The third kappa shape index (κ3) is 4.17. The number of carbonyl (C=O) groups is 2. The molecule has 6 heteroatoms. The summed E-state index contributed by atoms with van der Waals surface area (Å²) in [5.41, 5.74) is 3.94. The molecule has 1 aliphatic heterocycles. The molecule has 0 saturated carbocycles. The van der Waals surface area contributed by atoms with Crippen LogP contribution in [0, 0.1) is 0 Å². The van der Waals surface area contributed by atoms with E-state index in [-0.39, 0.29) is 22.9 Å². The van der Waals surface area contributed by atoms with Crippen LogP contribution in [0.5, 0.6) is 0 Å². The fourth-order valence-electron chi connectivity index (χ4n) is 3.23. The van der Waals surface area contributed by atoms with Crippen molar-refractivity contribution in [3.63, 3.8) is 0 Å². The van der Waals surface area contributed by atoms with Crippen LogP contribution in [-0.2, 0) is 11.2 Å². The van der Waals surface area contributed by atoms with Gasteiger partial charge in [-0.25, -0.2) is 0 Å². The Kier molecular flexibility index (Phi) is 5.40. The van der Waals surface area contributed by atoms with E-state index < -0.39 is 0 Å². The summed E-state index contributed by atoms with van der Waals surface area (Å²) in [6.07, 6.45) is 0.845. The van der Waals surface area contributed by atoms with Crippen molar-refractivity contribution in [2.45, 2.75) is 32.7 Å². The Bertz CT molecular complexity index is 972. The van der Waals surface area contributed by atoms with Gasteiger partial charge in [-0.3, -0.25) is 9.59 Å². The molecular weight excluding hydrogens is 352 g/mol. The number of nitrogens with zero attached hydrogens (tertiary/aromatic N) is 2. The van der Waals surface area contributed by atoms with E-state index >= 15 is 0 Å². The summed E-state index contributed by atoms with van der Waals surface area (Å²) in [6, 6.07) is 14.8. The van der Waals surface area contributed by atoms with Gasteiger partial charge in [-0.2, -0.15) is 5.11 Å². The van der Waals surface area contributed by atoms with E-state index in [1.165, 1.54) is 6.92 Å². The van der Waals surface area contributed by atoms with Gasteiger partial charge in [-0.05, 0) is 57.0 Å². The Balaban J connectivity index is 2.07. The molecule has 0 spiro atoms. The van der Waals surface area contributed by atoms with Crippen LogP contribution in [0.25, 0.3) is 5.70 Å². The number of carbonyl (C=O) groups excluding carboxylic acids is 2. The van der Waals surface area contributed by atoms with Gasteiger partial charge in [-0.15, -0.1) is 5.11 Å². The van der Waals surface area contributed by atoms with Gasteiger partial charge >= 0.3 is 0 Å². The number of likely N-dealkylation sites (N-methyl/N-ethyl adjacent to an activating group) is 1. The molecule has 0 radical (unpaired) electrons. The molecule has 0 aromatic heterocycles. The second-order valence-electron chi connectivity index (χ2n) is 7.45. The van der Waals surface area contributed by atoms with Gasteiger partial charge in [0.25, 0.3) is 5.91 Å². The number of amides is 1. The van der Waals surface area contributed by atoms with Crippen LogP contribution in [0.2, 0.25) is 0 Å². The quantitative estimate of drug-likeness (QED) is 0.480. The Morgan fingerprint density at radius 3 is 2.39 bits per heavy atom. The number of hydrogen-bond acceptors (Lipinski definition) is 5. The third-order valence-electron chi connectivity index (χ3n) is 4.60. The number of Topliss-reactive ketones (excluding diaryl/α,β-unsaturated/α-hetero) is 1. The number of benzene rings is 2. The van der Waals surface area contributed by atoms with Crippen molar-refractivity contribution >= 4 is 23.1 Å². The monoisotopic (exact) mass is 376 g/mol. The second-order valence-corrected chi connectivity index (χ2v) is 7.45. The van der Waals surface area contributed by atoms with Crippen molar-refractivity contribution in [2.24, 2.45) is 10.2 Å². The maximum atomic E-state index is 12.6. The van der Waals surface area contributed by atoms with Crippen LogP contribution < -0.4 is 10.6 Å². The first-order valence-electron chi connectivity index (χ1n) is 9.16. The predicted molar refractivity (Wildman–Crippen MR) is 109 cm³/mol. The van der Waals surface area contributed by atoms with E-state index in [1.807, 2.05) is 18.2 Å². The summed E-state index contributed by atoms with van der Waals surface area (Å²) in [7, 11) is 1.57. The van der Waals surface area contributed by atoms with Crippen LogP contribution >= 0.6 is 0 Å². The summed E-state index contributed by atoms with van der Waals surface area (Å²) in [4.78, 5) is 24.0. The van der Waals surface area contributed by atoms with E-state index in [0.717, 1.165) is 17.5 Å². The molecular formula is C22H24N4O2. The van der Waals surface area contributed by atoms with E-state index in [0.29, 0.717) is 16.9 Å². The van der Waals surface area contributed by atoms with Crippen LogP contribution in [0.3, 0.4) is 0 Å². The third-order valence-corrected chi connectivity index (χ3v) is 4.60. The highest BCUT2D eigenvalue weighted by atomic mass is 16.2. The Labute approximate surface area is 164 Å². The van der Waals surface area contributed by atoms with Gasteiger partial charge in [0.2, 0.25) is 0 Å².